The standard InChI is InChI=1S/C28H30N4O3/c1-34-22-13-14-27(35-2)23(16-22)25-8-5-15-32(25)28(33)29-17-20-9-11-21(12-10-20)18-31-19-30-24-6-3-4-7-26(24)31/h3-4,6-7,9-14,16,19,25H,5,8,15,17-18H2,1-2H3,(H,29,33). The van der Waals surface area contributed by atoms with Gasteiger partial charge in [0.25, 0.3) is 0 Å². The molecular formula is C28H30N4O3. The molecule has 2 amide bonds. The molecule has 35 heavy (non-hydrogen) atoms. The SMILES string of the molecule is COc1ccc(OC)c(C2CCCN2C(=O)NCc2ccc(Cn3cnc4ccccc43)cc2)c1. The molecule has 5 rings (SSSR count). The zero-order valence-corrected chi connectivity index (χ0v) is 20.1. The summed E-state index contributed by atoms with van der Waals surface area (Å²) >= 11 is 0. The number of benzene rings is 3. The van der Waals surface area contributed by atoms with Gasteiger partial charge in [-0.15, -0.1) is 0 Å². The van der Waals surface area contributed by atoms with E-state index in [1.807, 2.05) is 47.6 Å². The Morgan fingerprint density at radius 3 is 2.63 bits per heavy atom. The summed E-state index contributed by atoms with van der Waals surface area (Å²) in [7, 11) is 3.30. The van der Waals surface area contributed by atoms with E-state index in [9.17, 15) is 4.79 Å². The second-order valence-electron chi connectivity index (χ2n) is 8.80. The molecule has 1 saturated heterocycles. The van der Waals surface area contributed by atoms with Crippen molar-refractivity contribution in [3.8, 4) is 11.5 Å². The van der Waals surface area contributed by atoms with Crippen molar-refractivity contribution >= 4 is 17.1 Å². The van der Waals surface area contributed by atoms with E-state index in [4.69, 9.17) is 9.47 Å². The number of likely N-dealkylation sites (tertiary alicyclic amines) is 1. The van der Waals surface area contributed by atoms with Gasteiger partial charge in [0, 0.05) is 25.2 Å². The molecule has 1 fully saturated rings. The molecule has 1 aromatic heterocycles. The maximum absolute atomic E-state index is 13.1. The number of nitrogens with zero attached hydrogens (tertiary/aromatic N) is 3. The quantitative estimate of drug-likeness (QED) is 0.406. The van der Waals surface area contributed by atoms with Crippen molar-refractivity contribution in [2.24, 2.45) is 0 Å². The van der Waals surface area contributed by atoms with Crippen molar-refractivity contribution in [3.63, 3.8) is 0 Å². The van der Waals surface area contributed by atoms with Crippen LogP contribution in [0.5, 0.6) is 11.5 Å². The van der Waals surface area contributed by atoms with Gasteiger partial charge in [-0.25, -0.2) is 9.78 Å². The Kier molecular flexibility index (Phi) is 6.57. The number of ether oxygens (including phenoxy) is 2. The van der Waals surface area contributed by atoms with Crippen molar-refractivity contribution in [3.05, 3.63) is 89.7 Å². The van der Waals surface area contributed by atoms with Crippen LogP contribution in [-0.4, -0.2) is 41.2 Å². The van der Waals surface area contributed by atoms with Gasteiger partial charge in [-0.2, -0.15) is 0 Å². The second-order valence-corrected chi connectivity index (χ2v) is 8.80. The van der Waals surface area contributed by atoms with Crippen LogP contribution in [0.1, 0.15) is 35.6 Å². The number of nitrogens with one attached hydrogen (secondary N) is 1. The molecule has 180 valence electrons. The van der Waals surface area contributed by atoms with Crippen molar-refractivity contribution < 1.29 is 14.3 Å². The second kappa shape index (κ2) is 10.1. The van der Waals surface area contributed by atoms with Crippen molar-refractivity contribution in [1.29, 1.82) is 0 Å². The summed E-state index contributed by atoms with van der Waals surface area (Å²) in [6.07, 6.45) is 3.73. The van der Waals surface area contributed by atoms with Gasteiger partial charge in [0.1, 0.15) is 11.5 Å². The van der Waals surface area contributed by atoms with E-state index in [0.717, 1.165) is 53.0 Å². The maximum Gasteiger partial charge on any atom is 0.318 e. The fraction of sp³-hybridized carbons (Fsp3) is 0.286. The van der Waals surface area contributed by atoms with Crippen molar-refractivity contribution in [2.75, 3.05) is 20.8 Å². The fourth-order valence-corrected chi connectivity index (χ4v) is 4.81. The molecule has 2 heterocycles. The summed E-state index contributed by atoms with van der Waals surface area (Å²) in [6.45, 7) is 1.95. The molecule has 7 heteroatoms. The summed E-state index contributed by atoms with van der Waals surface area (Å²) in [5, 5.41) is 3.10. The number of aromatic nitrogens is 2. The Morgan fingerprint density at radius 2 is 1.83 bits per heavy atom. The number of para-hydroxylation sites is 2. The molecule has 0 aliphatic carbocycles. The Labute approximate surface area is 205 Å². The molecule has 0 radical (unpaired) electrons. The highest BCUT2D eigenvalue weighted by atomic mass is 16.5. The number of carbonyl (C=O) groups is 1. The first kappa shape index (κ1) is 22.8. The molecule has 3 aromatic carbocycles. The molecule has 1 unspecified atom stereocenters. The molecule has 0 spiro atoms. The first-order valence-corrected chi connectivity index (χ1v) is 11.9. The Balaban J connectivity index is 1.22. The summed E-state index contributed by atoms with van der Waals surface area (Å²) in [4.78, 5) is 19.5. The van der Waals surface area contributed by atoms with E-state index in [2.05, 4.69) is 45.2 Å². The molecular weight excluding hydrogens is 440 g/mol. The summed E-state index contributed by atoms with van der Waals surface area (Å²) in [5.74, 6) is 1.54. The average molecular weight is 471 g/mol. The lowest BCUT2D eigenvalue weighted by Gasteiger charge is -2.27. The molecule has 0 bridgehead atoms. The number of urea groups is 1. The van der Waals surface area contributed by atoms with Gasteiger partial charge in [0.05, 0.1) is 37.6 Å². The molecule has 1 aliphatic heterocycles. The van der Waals surface area contributed by atoms with Crippen LogP contribution in [0.2, 0.25) is 0 Å². The molecule has 4 aromatic rings. The zero-order valence-electron chi connectivity index (χ0n) is 20.1. The third kappa shape index (κ3) is 4.80. The van der Waals surface area contributed by atoms with E-state index in [1.165, 1.54) is 5.56 Å². The van der Waals surface area contributed by atoms with Gasteiger partial charge >= 0.3 is 6.03 Å². The minimum absolute atomic E-state index is 0.0348. The van der Waals surface area contributed by atoms with E-state index in [0.29, 0.717) is 13.1 Å². The normalized spacial score (nSPS) is 15.4. The van der Waals surface area contributed by atoms with Gasteiger partial charge < -0.3 is 24.3 Å². The third-order valence-electron chi connectivity index (χ3n) is 6.66. The summed E-state index contributed by atoms with van der Waals surface area (Å²) < 4.78 is 13.1. The average Bonchev–Trinajstić information content (AvgIpc) is 3.55. The summed E-state index contributed by atoms with van der Waals surface area (Å²) in [6, 6.07) is 22.1. The third-order valence-corrected chi connectivity index (χ3v) is 6.66. The van der Waals surface area contributed by atoms with Crippen LogP contribution >= 0.6 is 0 Å². The van der Waals surface area contributed by atoms with Crippen LogP contribution in [-0.2, 0) is 13.1 Å². The van der Waals surface area contributed by atoms with Gasteiger partial charge in [0.2, 0.25) is 0 Å². The topological polar surface area (TPSA) is 68.6 Å². The number of methoxy groups -OCH3 is 2. The molecule has 1 N–H and O–H groups in total. The van der Waals surface area contributed by atoms with Crippen LogP contribution in [0.3, 0.4) is 0 Å². The van der Waals surface area contributed by atoms with Gasteiger partial charge in [-0.1, -0.05) is 36.4 Å². The largest absolute Gasteiger partial charge is 0.497 e. The lowest BCUT2D eigenvalue weighted by Crippen LogP contribution is -2.39. The predicted octanol–water partition coefficient (Wildman–Crippen LogP) is 5.15. The van der Waals surface area contributed by atoms with Crippen LogP contribution in [0.15, 0.2) is 73.1 Å². The number of hydrogen-bond acceptors (Lipinski definition) is 4. The van der Waals surface area contributed by atoms with Gasteiger partial charge in [0.15, 0.2) is 0 Å². The highest BCUT2D eigenvalue weighted by Gasteiger charge is 2.32. The Hall–Kier alpha value is -4.00. The number of fused-ring (bicyclic) bond motifs is 1. The molecule has 1 atom stereocenters. The minimum atomic E-state index is -0.0636. The molecule has 7 nitrogen and oxygen atoms in total. The number of rotatable bonds is 7. The van der Waals surface area contributed by atoms with Crippen LogP contribution in [0.25, 0.3) is 11.0 Å². The minimum Gasteiger partial charge on any atom is -0.497 e. The van der Waals surface area contributed by atoms with Crippen molar-refractivity contribution in [2.45, 2.75) is 32.0 Å². The maximum atomic E-state index is 13.1. The number of hydrogen-bond donors (Lipinski definition) is 1. The van der Waals surface area contributed by atoms with Crippen LogP contribution in [0.4, 0.5) is 4.79 Å². The summed E-state index contributed by atoms with van der Waals surface area (Å²) in [5.41, 5.74) is 5.35. The van der Waals surface area contributed by atoms with E-state index >= 15 is 0 Å². The zero-order chi connectivity index (χ0) is 24.2. The fourth-order valence-electron chi connectivity index (χ4n) is 4.81. The number of carbonyl (C=O) groups excluding carboxylic acids is 1. The van der Waals surface area contributed by atoms with Crippen LogP contribution in [0, 0.1) is 0 Å². The first-order chi connectivity index (χ1) is 17.2. The monoisotopic (exact) mass is 470 g/mol. The highest BCUT2D eigenvalue weighted by Crippen LogP contribution is 2.38. The Bertz CT molecular complexity index is 1320. The van der Waals surface area contributed by atoms with E-state index in [-0.39, 0.29) is 12.1 Å². The lowest BCUT2D eigenvalue weighted by atomic mass is 10.0. The Morgan fingerprint density at radius 1 is 1.03 bits per heavy atom. The van der Waals surface area contributed by atoms with Crippen LogP contribution < -0.4 is 14.8 Å². The van der Waals surface area contributed by atoms with Crippen molar-refractivity contribution in [1.82, 2.24) is 19.8 Å². The smallest absolute Gasteiger partial charge is 0.318 e. The van der Waals surface area contributed by atoms with E-state index in [1.54, 1.807) is 14.2 Å². The molecule has 0 saturated carbocycles. The predicted molar refractivity (Wildman–Crippen MR) is 136 cm³/mol. The van der Waals surface area contributed by atoms with E-state index < -0.39 is 0 Å². The highest BCUT2D eigenvalue weighted by molar-refractivity contribution is 5.76. The van der Waals surface area contributed by atoms with Gasteiger partial charge in [-0.3, -0.25) is 0 Å². The number of imidazole rings is 1. The molecule has 1 aliphatic rings. The van der Waals surface area contributed by atoms with Gasteiger partial charge in [-0.05, 0) is 54.3 Å². The number of amides is 2. The lowest BCUT2D eigenvalue weighted by molar-refractivity contribution is 0.191. The first-order valence-electron chi connectivity index (χ1n) is 11.9.